The quantitative estimate of drug-likeness (QED) is 0.273. The number of benzene rings is 1. The highest BCUT2D eigenvalue weighted by molar-refractivity contribution is 7.91. The molecule has 1 aromatic rings. The maximum absolute atomic E-state index is 11.5. The number of nitrogen functional groups attached to an aromatic ring is 1. The van der Waals surface area contributed by atoms with Crippen LogP contribution in [-0.4, -0.2) is 51.1 Å². The molecule has 0 saturated heterocycles. The van der Waals surface area contributed by atoms with Crippen molar-refractivity contribution in [1.82, 2.24) is 5.48 Å². The number of hydrogen-bond acceptors (Lipinski definition) is 7. The zero-order valence-corrected chi connectivity index (χ0v) is 12.1. The number of hydrogen-bond donors (Lipinski definition) is 3. The van der Waals surface area contributed by atoms with Gasteiger partial charge in [0.15, 0.2) is 9.84 Å². The second kappa shape index (κ2) is 7.83. The van der Waals surface area contributed by atoms with Gasteiger partial charge in [0, 0.05) is 18.3 Å². The Morgan fingerprint density at radius 1 is 1.45 bits per heavy atom. The van der Waals surface area contributed by atoms with Gasteiger partial charge in [0.1, 0.15) is 0 Å². The molecule has 0 saturated carbocycles. The van der Waals surface area contributed by atoms with E-state index in [0.717, 1.165) is 0 Å². The van der Waals surface area contributed by atoms with Crippen molar-refractivity contribution in [3.8, 4) is 0 Å². The molecule has 0 atom stereocenters. The van der Waals surface area contributed by atoms with Gasteiger partial charge >= 0.3 is 0 Å². The third-order valence-corrected chi connectivity index (χ3v) is 4.00. The fraction of sp³-hybridized carbons (Fsp3) is 0.417. The molecule has 112 valence electrons. The highest BCUT2D eigenvalue weighted by Crippen LogP contribution is 2.08. The average molecular weight is 301 g/mol. The van der Waals surface area contributed by atoms with Gasteiger partial charge in [-0.2, -0.15) is 5.48 Å². The summed E-state index contributed by atoms with van der Waals surface area (Å²) in [6.07, 6.45) is 0. The van der Waals surface area contributed by atoms with E-state index in [9.17, 15) is 8.42 Å². The van der Waals surface area contributed by atoms with E-state index < -0.39 is 9.84 Å². The molecule has 0 heterocycles. The summed E-state index contributed by atoms with van der Waals surface area (Å²) in [7, 11) is -1.72. The highest BCUT2D eigenvalue weighted by atomic mass is 32.2. The summed E-state index contributed by atoms with van der Waals surface area (Å²) >= 11 is 0. The minimum Gasteiger partial charge on any atom is -0.399 e. The first-order chi connectivity index (χ1) is 9.48. The molecule has 0 amide bonds. The molecular weight excluding hydrogens is 282 g/mol. The normalized spacial score (nSPS) is 12.4. The fourth-order valence-corrected chi connectivity index (χ4v) is 2.33. The maximum atomic E-state index is 11.5. The lowest BCUT2D eigenvalue weighted by molar-refractivity contribution is 0.209. The molecule has 1 aromatic carbocycles. The zero-order chi connectivity index (χ0) is 15.0. The van der Waals surface area contributed by atoms with Gasteiger partial charge in [-0.25, -0.2) is 13.4 Å². The Labute approximate surface area is 118 Å². The average Bonchev–Trinajstić information content (AvgIpc) is 2.37. The molecule has 0 unspecified atom stereocenters. The van der Waals surface area contributed by atoms with Gasteiger partial charge in [0.25, 0.3) is 0 Å². The summed E-state index contributed by atoms with van der Waals surface area (Å²) in [4.78, 5) is 9.27. The predicted molar refractivity (Wildman–Crippen MR) is 78.1 cm³/mol. The zero-order valence-electron chi connectivity index (χ0n) is 11.2. The summed E-state index contributed by atoms with van der Waals surface area (Å²) in [6.45, 7) is -0.338. The van der Waals surface area contributed by atoms with Crippen LogP contribution in [0.15, 0.2) is 29.3 Å². The van der Waals surface area contributed by atoms with E-state index in [4.69, 9.17) is 15.7 Å². The molecule has 4 N–H and O–H groups in total. The van der Waals surface area contributed by atoms with Crippen molar-refractivity contribution in [1.29, 1.82) is 0 Å². The monoisotopic (exact) mass is 301 g/mol. The van der Waals surface area contributed by atoms with Gasteiger partial charge in [-0.1, -0.05) is 6.07 Å². The number of sulfone groups is 1. The van der Waals surface area contributed by atoms with Gasteiger partial charge in [-0.05, 0) is 18.2 Å². The Balaban J connectivity index is 2.79. The molecule has 20 heavy (non-hydrogen) atoms. The molecule has 0 aliphatic rings. The smallest absolute Gasteiger partial charge is 0.240 e. The van der Waals surface area contributed by atoms with Crippen LogP contribution in [0.2, 0.25) is 0 Å². The predicted octanol–water partition coefficient (Wildman–Crippen LogP) is -0.426. The number of nitrogens with zero attached hydrogens (tertiary/aromatic N) is 1. The van der Waals surface area contributed by atoms with E-state index in [1.807, 2.05) is 0 Å². The molecule has 7 nitrogen and oxygen atoms in total. The third kappa shape index (κ3) is 5.55. The maximum Gasteiger partial charge on any atom is 0.240 e. The van der Waals surface area contributed by atoms with Crippen molar-refractivity contribution in [3.05, 3.63) is 29.8 Å². The minimum atomic E-state index is -3.29. The van der Waals surface area contributed by atoms with Gasteiger partial charge in [0.2, 0.25) is 5.90 Å². The minimum absolute atomic E-state index is 0.0497. The van der Waals surface area contributed by atoms with Crippen molar-refractivity contribution in [2.75, 3.05) is 37.4 Å². The molecular formula is C12H19N3O4S. The number of aliphatic hydroxyl groups excluding tert-OH is 1. The number of rotatable bonds is 7. The lowest BCUT2D eigenvalue weighted by Crippen LogP contribution is -2.20. The van der Waals surface area contributed by atoms with Gasteiger partial charge in [-0.3, -0.25) is 0 Å². The summed E-state index contributed by atoms with van der Waals surface area (Å²) in [6, 6.07) is 6.92. The third-order valence-electron chi connectivity index (χ3n) is 2.39. The SMILES string of the molecule is CNOC(=NCCS(=O)(=O)CCO)c1cccc(N)c1. The summed E-state index contributed by atoms with van der Waals surface area (Å²) in [5.41, 5.74) is 9.38. The topological polar surface area (TPSA) is 114 Å². The van der Waals surface area contributed by atoms with E-state index in [-0.39, 0.29) is 30.6 Å². The van der Waals surface area contributed by atoms with Crippen LogP contribution in [-0.2, 0) is 14.7 Å². The van der Waals surface area contributed by atoms with E-state index in [1.165, 1.54) is 0 Å². The largest absolute Gasteiger partial charge is 0.399 e. The van der Waals surface area contributed by atoms with Crippen LogP contribution in [0, 0.1) is 0 Å². The molecule has 0 spiro atoms. The van der Waals surface area contributed by atoms with E-state index in [0.29, 0.717) is 11.3 Å². The molecule has 0 radical (unpaired) electrons. The van der Waals surface area contributed by atoms with Crippen molar-refractivity contribution >= 4 is 21.4 Å². The van der Waals surface area contributed by atoms with E-state index in [1.54, 1.807) is 31.3 Å². The van der Waals surface area contributed by atoms with E-state index >= 15 is 0 Å². The Hall–Kier alpha value is -1.64. The van der Waals surface area contributed by atoms with Crippen molar-refractivity contribution in [2.45, 2.75) is 0 Å². The summed E-state index contributed by atoms with van der Waals surface area (Å²) in [5, 5.41) is 8.64. The Bertz CT molecular complexity index is 558. The Morgan fingerprint density at radius 2 is 2.20 bits per heavy atom. The molecule has 0 aromatic heterocycles. The second-order valence-corrected chi connectivity index (χ2v) is 6.30. The van der Waals surface area contributed by atoms with Crippen LogP contribution >= 0.6 is 0 Å². The first-order valence-corrected chi connectivity index (χ1v) is 7.86. The lowest BCUT2D eigenvalue weighted by Gasteiger charge is -2.08. The Morgan fingerprint density at radius 3 is 2.80 bits per heavy atom. The van der Waals surface area contributed by atoms with Crippen LogP contribution in [0.25, 0.3) is 0 Å². The summed E-state index contributed by atoms with van der Waals surface area (Å²) < 4.78 is 22.9. The number of hydroxylamine groups is 1. The van der Waals surface area contributed by atoms with Crippen LogP contribution in [0.1, 0.15) is 5.56 Å². The van der Waals surface area contributed by atoms with Crippen LogP contribution in [0.4, 0.5) is 5.69 Å². The van der Waals surface area contributed by atoms with Gasteiger partial charge in [0.05, 0.1) is 24.7 Å². The molecule has 0 bridgehead atoms. The van der Waals surface area contributed by atoms with Crippen molar-refractivity contribution < 1.29 is 18.4 Å². The van der Waals surface area contributed by atoms with Gasteiger partial charge in [-0.15, -0.1) is 0 Å². The van der Waals surface area contributed by atoms with Crippen LogP contribution in [0.3, 0.4) is 0 Å². The first-order valence-electron chi connectivity index (χ1n) is 6.04. The molecule has 1 rings (SSSR count). The van der Waals surface area contributed by atoms with Gasteiger partial charge < -0.3 is 15.7 Å². The van der Waals surface area contributed by atoms with E-state index in [2.05, 4.69) is 10.5 Å². The standard InChI is InChI=1S/C12H19N3O4S/c1-14-19-12(10-3-2-4-11(13)9-10)15-5-7-20(17,18)8-6-16/h2-4,9,14,16H,5-8,13H2,1H3. The molecule has 0 aliphatic heterocycles. The Kier molecular flexibility index (Phi) is 6.43. The second-order valence-electron chi connectivity index (χ2n) is 3.99. The first kappa shape index (κ1) is 16.4. The van der Waals surface area contributed by atoms with Crippen LogP contribution in [0.5, 0.6) is 0 Å². The van der Waals surface area contributed by atoms with Crippen LogP contribution < -0.4 is 11.2 Å². The van der Waals surface area contributed by atoms with Crippen molar-refractivity contribution in [3.63, 3.8) is 0 Å². The summed E-state index contributed by atoms with van der Waals surface area (Å²) in [5.74, 6) is -0.144. The number of nitrogens with two attached hydrogens (primary N) is 1. The molecule has 0 fully saturated rings. The fourth-order valence-electron chi connectivity index (χ4n) is 1.48. The lowest BCUT2D eigenvalue weighted by atomic mass is 10.2. The molecule has 0 aliphatic carbocycles. The van der Waals surface area contributed by atoms with Crippen molar-refractivity contribution in [2.24, 2.45) is 4.99 Å². The number of aliphatic hydroxyl groups is 1. The number of anilines is 1. The number of nitrogens with one attached hydrogen (secondary N) is 1. The number of aliphatic imine (C=N–C) groups is 1. The highest BCUT2D eigenvalue weighted by Gasteiger charge is 2.10. The molecule has 8 heteroatoms.